The molecule has 1 saturated heterocycles. The van der Waals surface area contributed by atoms with Crippen molar-refractivity contribution in [3.63, 3.8) is 0 Å². The number of aliphatic imine (C=N–C) groups is 1. The fraction of sp³-hybridized carbons (Fsp3) is 0.500. The summed E-state index contributed by atoms with van der Waals surface area (Å²) in [6.45, 7) is 6.58. The molecule has 0 radical (unpaired) electrons. The number of amides is 1. The molecule has 0 aromatic carbocycles. The number of halogens is 2. The highest BCUT2D eigenvalue weighted by Gasteiger charge is 2.24. The number of aromatic amines is 1. The number of allylic oxidation sites excluding steroid dienone is 1. The second-order valence-corrected chi connectivity index (χ2v) is 9.64. The van der Waals surface area contributed by atoms with E-state index >= 15 is 0 Å². The number of alkyl halides is 1. The van der Waals surface area contributed by atoms with Gasteiger partial charge in [0.25, 0.3) is 0 Å². The van der Waals surface area contributed by atoms with Gasteiger partial charge in [-0.3, -0.25) is 4.79 Å². The summed E-state index contributed by atoms with van der Waals surface area (Å²) in [5, 5.41) is 4.84. The van der Waals surface area contributed by atoms with Crippen molar-refractivity contribution in [1.82, 2.24) is 20.2 Å². The molecule has 1 atom stereocenters. The van der Waals surface area contributed by atoms with Crippen LogP contribution in [-0.4, -0.2) is 50.7 Å². The number of carbonyl (C=O) groups is 1. The van der Waals surface area contributed by atoms with E-state index in [0.717, 1.165) is 59.3 Å². The molecule has 3 rings (SSSR count). The van der Waals surface area contributed by atoms with Gasteiger partial charge < -0.3 is 20.9 Å². The Kier molecular flexibility index (Phi) is 8.59. The second kappa shape index (κ2) is 11.2. The minimum absolute atomic E-state index is 0.261. The van der Waals surface area contributed by atoms with Gasteiger partial charge in [-0.25, -0.2) is 9.98 Å². The number of nitrogens with two attached hydrogens (primary N) is 1. The lowest BCUT2D eigenvalue weighted by molar-refractivity contribution is -0.133. The minimum Gasteiger partial charge on any atom is -0.383 e. The van der Waals surface area contributed by atoms with Crippen molar-refractivity contribution >= 4 is 57.0 Å². The van der Waals surface area contributed by atoms with Gasteiger partial charge in [0.1, 0.15) is 17.3 Å². The van der Waals surface area contributed by atoms with Crippen LogP contribution >= 0.6 is 34.2 Å². The third kappa shape index (κ3) is 6.58. The van der Waals surface area contributed by atoms with Gasteiger partial charge in [-0.05, 0) is 36.8 Å². The first-order valence-corrected chi connectivity index (χ1v) is 12.5. The third-order valence-electron chi connectivity index (χ3n) is 5.31. The van der Waals surface area contributed by atoms with Crippen molar-refractivity contribution in [2.45, 2.75) is 33.1 Å². The molecule has 0 bridgehead atoms. The predicted octanol–water partition coefficient (Wildman–Crippen LogP) is 4.07. The van der Waals surface area contributed by atoms with Crippen LogP contribution in [0.25, 0.3) is 11.0 Å². The van der Waals surface area contributed by atoms with Gasteiger partial charge in [-0.2, -0.15) is 0 Å². The van der Waals surface area contributed by atoms with Crippen molar-refractivity contribution in [2.24, 2.45) is 22.6 Å². The maximum absolute atomic E-state index is 12.4. The first-order valence-electron chi connectivity index (χ1n) is 10.6. The van der Waals surface area contributed by atoms with E-state index in [-0.39, 0.29) is 5.91 Å². The van der Waals surface area contributed by atoms with Gasteiger partial charge in [-0.15, -0.1) is 0 Å². The lowest BCUT2D eigenvalue weighted by atomic mass is 9.97. The van der Waals surface area contributed by atoms with Gasteiger partial charge in [0.2, 0.25) is 5.91 Å². The number of H-pyrrole nitrogens is 1. The SMILES string of the molecule is CC(C)CC(=O)N1CCCC(CNC(=C/CI)/N=C(\N)c2c[nH]c3ncc(Cl)cc23)C1. The van der Waals surface area contributed by atoms with Crippen LogP contribution in [0, 0.1) is 11.8 Å². The average Bonchev–Trinajstić information content (AvgIpc) is 3.15. The summed E-state index contributed by atoms with van der Waals surface area (Å²) < 4.78 is 0.807. The Morgan fingerprint density at radius 1 is 1.55 bits per heavy atom. The maximum atomic E-state index is 12.4. The summed E-state index contributed by atoms with van der Waals surface area (Å²) in [6, 6.07) is 1.83. The summed E-state index contributed by atoms with van der Waals surface area (Å²) in [5.41, 5.74) is 7.82. The molecule has 1 unspecified atom stereocenters. The molecular formula is C22H30ClIN6O. The number of nitrogens with zero attached hydrogens (tertiary/aromatic N) is 3. The van der Waals surface area contributed by atoms with Crippen LogP contribution in [0.2, 0.25) is 5.02 Å². The monoisotopic (exact) mass is 556 g/mol. The topological polar surface area (TPSA) is 99.4 Å². The third-order valence-corrected chi connectivity index (χ3v) is 5.96. The van der Waals surface area contributed by atoms with E-state index in [9.17, 15) is 4.79 Å². The van der Waals surface area contributed by atoms with Gasteiger partial charge in [0.05, 0.1) is 5.02 Å². The molecule has 3 heterocycles. The highest BCUT2D eigenvalue weighted by Crippen LogP contribution is 2.21. The van der Waals surface area contributed by atoms with E-state index in [1.54, 1.807) is 12.4 Å². The van der Waals surface area contributed by atoms with Gasteiger partial charge >= 0.3 is 0 Å². The molecule has 9 heteroatoms. The summed E-state index contributed by atoms with van der Waals surface area (Å²) in [4.78, 5) is 26.5. The fourth-order valence-corrected chi connectivity index (χ4v) is 4.37. The number of fused-ring (bicyclic) bond motifs is 1. The quantitative estimate of drug-likeness (QED) is 0.198. The number of pyridine rings is 1. The van der Waals surface area contributed by atoms with E-state index in [2.05, 4.69) is 56.7 Å². The number of likely N-dealkylation sites (tertiary alicyclic amines) is 1. The van der Waals surface area contributed by atoms with Crippen LogP contribution in [0.1, 0.15) is 38.7 Å². The minimum atomic E-state index is 0.261. The number of hydrogen-bond acceptors (Lipinski definition) is 4. The summed E-state index contributed by atoms with van der Waals surface area (Å²) >= 11 is 8.38. The Morgan fingerprint density at radius 3 is 3.10 bits per heavy atom. The average molecular weight is 557 g/mol. The predicted molar refractivity (Wildman–Crippen MR) is 136 cm³/mol. The zero-order chi connectivity index (χ0) is 22.4. The Balaban J connectivity index is 1.66. The molecule has 0 aliphatic carbocycles. The number of hydrogen-bond donors (Lipinski definition) is 3. The molecule has 1 amide bonds. The normalized spacial score (nSPS) is 18.1. The van der Waals surface area contributed by atoms with Crippen LogP contribution < -0.4 is 11.1 Å². The zero-order valence-electron chi connectivity index (χ0n) is 18.0. The summed E-state index contributed by atoms with van der Waals surface area (Å²) in [6.07, 6.45) is 8.16. The second-order valence-electron chi connectivity index (χ2n) is 8.32. The van der Waals surface area contributed by atoms with Crippen LogP contribution in [-0.2, 0) is 4.79 Å². The number of aromatic nitrogens is 2. The smallest absolute Gasteiger partial charge is 0.222 e. The molecule has 0 spiro atoms. The van der Waals surface area contributed by atoms with E-state index in [4.69, 9.17) is 17.3 Å². The molecule has 4 N–H and O–H groups in total. The summed E-state index contributed by atoms with van der Waals surface area (Å²) in [5.74, 6) is 2.18. The first-order chi connectivity index (χ1) is 14.9. The molecule has 168 valence electrons. The van der Waals surface area contributed by atoms with Crippen LogP contribution in [0.3, 0.4) is 0 Å². The molecular weight excluding hydrogens is 527 g/mol. The molecule has 31 heavy (non-hydrogen) atoms. The van der Waals surface area contributed by atoms with Crippen molar-refractivity contribution in [2.75, 3.05) is 24.1 Å². The largest absolute Gasteiger partial charge is 0.383 e. The number of amidine groups is 1. The van der Waals surface area contributed by atoms with Gasteiger partial charge in [0.15, 0.2) is 0 Å². The van der Waals surface area contributed by atoms with Crippen molar-refractivity contribution in [3.8, 4) is 0 Å². The van der Waals surface area contributed by atoms with E-state index in [0.29, 0.717) is 29.1 Å². The Labute approximate surface area is 202 Å². The highest BCUT2D eigenvalue weighted by atomic mass is 127. The summed E-state index contributed by atoms with van der Waals surface area (Å²) in [7, 11) is 0. The lowest BCUT2D eigenvalue weighted by Gasteiger charge is -2.33. The highest BCUT2D eigenvalue weighted by molar-refractivity contribution is 14.1. The fourth-order valence-electron chi connectivity index (χ4n) is 3.80. The molecule has 2 aromatic rings. The Bertz CT molecular complexity index is 970. The standard InChI is InChI=1S/C22H30ClIN6O/c1-14(2)8-20(31)30-7-3-4-15(13-30)10-26-19(5-6-24)29-21(25)18-12-28-22-17(18)9-16(23)11-27-22/h5,9,11-12,14-15,26H,3-4,6-8,10,13H2,1-2H3,(H2,25,29)(H,27,28)/b19-5-. The van der Waals surface area contributed by atoms with E-state index in [1.807, 2.05) is 17.0 Å². The number of nitrogens with one attached hydrogen (secondary N) is 2. The maximum Gasteiger partial charge on any atom is 0.222 e. The van der Waals surface area contributed by atoms with Crippen molar-refractivity contribution in [1.29, 1.82) is 0 Å². The van der Waals surface area contributed by atoms with Crippen LogP contribution in [0.5, 0.6) is 0 Å². The number of carbonyl (C=O) groups excluding carboxylic acids is 1. The molecule has 0 saturated carbocycles. The van der Waals surface area contributed by atoms with Crippen LogP contribution in [0.4, 0.5) is 0 Å². The lowest BCUT2D eigenvalue weighted by Crippen LogP contribution is -2.43. The van der Waals surface area contributed by atoms with E-state index in [1.165, 1.54) is 0 Å². The van der Waals surface area contributed by atoms with Gasteiger partial charge in [-0.1, -0.05) is 48.0 Å². The molecule has 1 aliphatic rings. The molecule has 1 fully saturated rings. The zero-order valence-corrected chi connectivity index (χ0v) is 20.9. The van der Waals surface area contributed by atoms with Crippen molar-refractivity contribution < 1.29 is 4.79 Å². The Hall–Kier alpha value is -1.81. The molecule has 7 nitrogen and oxygen atoms in total. The van der Waals surface area contributed by atoms with Gasteiger partial charge in [0, 0.05) is 53.8 Å². The Morgan fingerprint density at radius 2 is 2.35 bits per heavy atom. The molecule has 2 aromatic heterocycles. The molecule has 1 aliphatic heterocycles. The van der Waals surface area contributed by atoms with E-state index < -0.39 is 0 Å². The first kappa shape index (κ1) is 23.8. The number of rotatable bonds is 8. The van der Waals surface area contributed by atoms with Crippen molar-refractivity contribution in [3.05, 3.63) is 40.9 Å². The van der Waals surface area contributed by atoms with Crippen LogP contribution in [0.15, 0.2) is 35.3 Å². The number of piperidine rings is 1.